The van der Waals surface area contributed by atoms with E-state index in [-0.39, 0.29) is 11.6 Å². The molecule has 2 heteroatoms. The van der Waals surface area contributed by atoms with E-state index in [0.717, 1.165) is 24.2 Å². The Morgan fingerprint density at radius 1 is 1.22 bits per heavy atom. The van der Waals surface area contributed by atoms with Crippen molar-refractivity contribution >= 4 is 5.97 Å². The third-order valence-corrected chi connectivity index (χ3v) is 6.01. The fourth-order valence-corrected chi connectivity index (χ4v) is 5.42. The van der Waals surface area contributed by atoms with Gasteiger partial charge in [0.25, 0.3) is 0 Å². The third kappa shape index (κ3) is 1.64. The van der Waals surface area contributed by atoms with Crippen LogP contribution >= 0.6 is 0 Å². The molecule has 2 unspecified atom stereocenters. The van der Waals surface area contributed by atoms with Crippen LogP contribution in [0.3, 0.4) is 0 Å². The molecular weight excluding hydrogens is 224 g/mol. The van der Waals surface area contributed by atoms with Gasteiger partial charge in [-0.3, -0.25) is 4.79 Å². The summed E-state index contributed by atoms with van der Waals surface area (Å²) in [5.41, 5.74) is 0.0534. The topological polar surface area (TPSA) is 26.3 Å². The van der Waals surface area contributed by atoms with E-state index in [1.807, 2.05) is 6.92 Å². The van der Waals surface area contributed by atoms with Crippen LogP contribution in [0.15, 0.2) is 0 Å². The maximum atomic E-state index is 11.9. The van der Waals surface area contributed by atoms with Gasteiger partial charge in [-0.1, -0.05) is 6.92 Å². The molecular formula is C16H26O2. The zero-order chi connectivity index (χ0) is 13.0. The van der Waals surface area contributed by atoms with Crippen LogP contribution in [0.4, 0.5) is 0 Å². The van der Waals surface area contributed by atoms with Crippen molar-refractivity contribution in [1.29, 1.82) is 0 Å². The third-order valence-electron chi connectivity index (χ3n) is 6.01. The SMILES string of the molecule is CCCC(=O)OC(C)(C)C12CC3CC(CC1C3)C2. The molecule has 4 bridgehead atoms. The molecule has 4 rings (SSSR count). The molecule has 0 amide bonds. The number of rotatable bonds is 4. The lowest BCUT2D eigenvalue weighted by Gasteiger charge is -2.45. The molecule has 0 saturated heterocycles. The van der Waals surface area contributed by atoms with Crippen LogP contribution in [-0.4, -0.2) is 11.6 Å². The first-order valence-corrected chi connectivity index (χ1v) is 7.68. The normalized spacial score (nSPS) is 41.4. The molecule has 2 nitrogen and oxygen atoms in total. The average Bonchev–Trinajstić information content (AvgIpc) is 2.65. The second kappa shape index (κ2) is 3.98. The molecule has 0 aromatic carbocycles. The number of esters is 1. The van der Waals surface area contributed by atoms with Crippen molar-refractivity contribution in [2.24, 2.45) is 23.2 Å². The number of ether oxygens (including phenoxy) is 1. The van der Waals surface area contributed by atoms with Crippen molar-refractivity contribution in [1.82, 2.24) is 0 Å². The highest BCUT2D eigenvalue weighted by Crippen LogP contribution is 2.69. The Hall–Kier alpha value is -0.530. The zero-order valence-electron chi connectivity index (χ0n) is 12.0. The Morgan fingerprint density at radius 2 is 1.83 bits per heavy atom. The summed E-state index contributed by atoms with van der Waals surface area (Å²) < 4.78 is 5.90. The second-order valence-electron chi connectivity index (χ2n) is 7.43. The summed E-state index contributed by atoms with van der Waals surface area (Å²) in [6.07, 6.45) is 8.29. The standard InChI is InChI=1S/C16H26O2/c1-4-5-14(17)18-15(2,3)16-9-11-6-12(10-16)8-13(16)7-11/h11-13H,4-10H2,1-3H3. The van der Waals surface area contributed by atoms with E-state index in [9.17, 15) is 4.79 Å². The van der Waals surface area contributed by atoms with Crippen molar-refractivity contribution in [2.45, 2.75) is 71.3 Å². The lowest BCUT2D eigenvalue weighted by Crippen LogP contribution is -2.48. The Morgan fingerprint density at radius 3 is 2.39 bits per heavy atom. The van der Waals surface area contributed by atoms with Crippen molar-refractivity contribution in [2.75, 3.05) is 0 Å². The summed E-state index contributed by atoms with van der Waals surface area (Å²) in [5.74, 6) is 2.67. The predicted octanol–water partition coefficient (Wildman–Crippen LogP) is 3.93. The van der Waals surface area contributed by atoms with Crippen molar-refractivity contribution in [3.05, 3.63) is 0 Å². The van der Waals surface area contributed by atoms with Crippen LogP contribution in [0, 0.1) is 23.2 Å². The first-order valence-electron chi connectivity index (χ1n) is 7.68. The van der Waals surface area contributed by atoms with Gasteiger partial charge in [0.1, 0.15) is 5.60 Å². The molecule has 2 atom stereocenters. The highest BCUT2D eigenvalue weighted by atomic mass is 16.6. The van der Waals surface area contributed by atoms with Gasteiger partial charge in [-0.2, -0.15) is 0 Å². The molecule has 4 aliphatic carbocycles. The first-order chi connectivity index (χ1) is 8.47. The molecule has 4 aliphatic rings. The molecule has 18 heavy (non-hydrogen) atoms. The number of hydrogen-bond donors (Lipinski definition) is 0. The van der Waals surface area contributed by atoms with Crippen LogP contribution in [0.2, 0.25) is 0 Å². The zero-order valence-corrected chi connectivity index (χ0v) is 12.0. The maximum absolute atomic E-state index is 11.9. The molecule has 0 aromatic heterocycles. The number of hydrogen-bond acceptors (Lipinski definition) is 2. The summed E-state index contributed by atoms with van der Waals surface area (Å²) in [6, 6.07) is 0. The molecule has 4 saturated carbocycles. The summed E-state index contributed by atoms with van der Waals surface area (Å²) in [6.45, 7) is 6.38. The first kappa shape index (κ1) is 12.5. The summed E-state index contributed by atoms with van der Waals surface area (Å²) in [4.78, 5) is 11.9. The minimum absolute atomic E-state index is 0.00287. The summed E-state index contributed by atoms with van der Waals surface area (Å²) >= 11 is 0. The molecule has 0 heterocycles. The smallest absolute Gasteiger partial charge is 0.306 e. The molecule has 0 radical (unpaired) electrons. The maximum Gasteiger partial charge on any atom is 0.306 e. The van der Waals surface area contributed by atoms with Crippen LogP contribution < -0.4 is 0 Å². The Balaban J connectivity index is 1.79. The van der Waals surface area contributed by atoms with Crippen LogP contribution in [0.25, 0.3) is 0 Å². The van der Waals surface area contributed by atoms with Gasteiger partial charge >= 0.3 is 5.97 Å². The van der Waals surface area contributed by atoms with Crippen molar-refractivity contribution in [3.63, 3.8) is 0 Å². The van der Waals surface area contributed by atoms with Crippen molar-refractivity contribution < 1.29 is 9.53 Å². The van der Waals surface area contributed by atoms with E-state index >= 15 is 0 Å². The lowest BCUT2D eigenvalue weighted by atomic mass is 9.66. The van der Waals surface area contributed by atoms with Gasteiger partial charge in [0.15, 0.2) is 0 Å². The largest absolute Gasteiger partial charge is 0.459 e. The summed E-state index contributed by atoms with van der Waals surface area (Å²) in [7, 11) is 0. The molecule has 0 N–H and O–H groups in total. The van der Waals surface area contributed by atoms with Gasteiger partial charge in [0.2, 0.25) is 0 Å². The Bertz CT molecular complexity index is 344. The van der Waals surface area contributed by atoms with Gasteiger partial charge in [0, 0.05) is 11.8 Å². The average molecular weight is 250 g/mol. The molecule has 0 spiro atoms. The Labute approximate surface area is 110 Å². The molecule has 0 aliphatic heterocycles. The van der Waals surface area contributed by atoms with Crippen LogP contribution in [-0.2, 0) is 9.53 Å². The van der Waals surface area contributed by atoms with E-state index in [2.05, 4.69) is 13.8 Å². The van der Waals surface area contributed by atoms with Crippen LogP contribution in [0.5, 0.6) is 0 Å². The van der Waals surface area contributed by atoms with Gasteiger partial charge in [-0.15, -0.1) is 0 Å². The van der Waals surface area contributed by atoms with Gasteiger partial charge in [-0.25, -0.2) is 0 Å². The van der Waals surface area contributed by atoms with Crippen LogP contribution in [0.1, 0.15) is 65.7 Å². The van der Waals surface area contributed by atoms with Crippen molar-refractivity contribution in [3.8, 4) is 0 Å². The highest BCUT2D eigenvalue weighted by molar-refractivity contribution is 5.69. The van der Waals surface area contributed by atoms with E-state index < -0.39 is 0 Å². The molecule has 4 fully saturated rings. The predicted molar refractivity (Wildman–Crippen MR) is 71.1 cm³/mol. The highest BCUT2D eigenvalue weighted by Gasteiger charge is 2.64. The quantitative estimate of drug-likeness (QED) is 0.707. The summed E-state index contributed by atoms with van der Waals surface area (Å²) in [5, 5.41) is 0. The minimum atomic E-state index is -0.256. The van der Waals surface area contributed by atoms with E-state index in [1.54, 1.807) is 0 Å². The Kier molecular flexibility index (Phi) is 2.76. The fourth-order valence-electron chi connectivity index (χ4n) is 5.42. The molecule has 102 valence electrons. The van der Waals surface area contributed by atoms with E-state index in [1.165, 1.54) is 32.1 Å². The second-order valence-corrected chi connectivity index (χ2v) is 7.43. The number of carbonyl (C=O) groups excluding carboxylic acids is 1. The fraction of sp³-hybridized carbons (Fsp3) is 0.938. The monoisotopic (exact) mass is 250 g/mol. The lowest BCUT2D eigenvalue weighted by molar-refractivity contribution is -0.174. The van der Waals surface area contributed by atoms with E-state index in [4.69, 9.17) is 4.74 Å². The van der Waals surface area contributed by atoms with Gasteiger partial charge in [-0.05, 0) is 70.1 Å². The number of carbonyl (C=O) groups is 1. The van der Waals surface area contributed by atoms with E-state index in [0.29, 0.717) is 11.8 Å². The molecule has 0 aromatic rings. The minimum Gasteiger partial charge on any atom is -0.459 e. The van der Waals surface area contributed by atoms with Gasteiger partial charge in [0.05, 0.1) is 0 Å². The van der Waals surface area contributed by atoms with Gasteiger partial charge < -0.3 is 4.74 Å².